The summed E-state index contributed by atoms with van der Waals surface area (Å²) in [6.07, 6.45) is 2.49. The van der Waals surface area contributed by atoms with Crippen LogP contribution in [0.4, 0.5) is 8.78 Å². The second-order valence-electron chi connectivity index (χ2n) is 7.21. The molecule has 2 heterocycles. The number of hydrogen-bond donors (Lipinski definition) is 1. The lowest BCUT2D eigenvalue weighted by Crippen LogP contribution is -2.28. The molecule has 2 aromatic rings. The van der Waals surface area contributed by atoms with Crippen LogP contribution >= 0.6 is 0 Å². The van der Waals surface area contributed by atoms with E-state index in [-0.39, 0.29) is 5.56 Å². The Morgan fingerprint density at radius 1 is 1.45 bits per heavy atom. The molecule has 0 saturated heterocycles. The van der Waals surface area contributed by atoms with E-state index in [1.54, 1.807) is 12.3 Å². The van der Waals surface area contributed by atoms with E-state index >= 15 is 0 Å². The Labute approximate surface area is 180 Å². The molecule has 0 saturated carbocycles. The van der Waals surface area contributed by atoms with E-state index in [2.05, 4.69) is 26.9 Å². The topological polar surface area (TPSA) is 84.1 Å². The number of pyridine rings is 1. The van der Waals surface area contributed by atoms with Crippen LogP contribution in [0, 0.1) is 0 Å². The predicted octanol–water partition coefficient (Wildman–Crippen LogP) is 2.99. The lowest BCUT2D eigenvalue weighted by Gasteiger charge is -2.08. The zero-order valence-electron chi connectivity index (χ0n) is 18.2. The van der Waals surface area contributed by atoms with Crippen molar-refractivity contribution in [1.82, 2.24) is 19.8 Å². The van der Waals surface area contributed by atoms with Gasteiger partial charge in [0.05, 0.1) is 37.6 Å². The number of amides is 1. The number of fused-ring (bicyclic) bond motifs is 1. The van der Waals surface area contributed by atoms with E-state index in [9.17, 15) is 13.6 Å². The third-order valence-corrected chi connectivity index (χ3v) is 4.33. The van der Waals surface area contributed by atoms with Crippen LogP contribution in [0.25, 0.3) is 11.0 Å². The Hall–Kier alpha value is -3.14. The number of hydrogen-bond acceptors (Lipinski definition) is 5. The minimum Gasteiger partial charge on any atom is -0.495 e. The maximum absolute atomic E-state index is 12.5. The molecule has 0 aliphatic heterocycles. The first-order valence-corrected chi connectivity index (χ1v) is 9.67. The molecule has 0 aromatic carbocycles. The molecule has 0 spiro atoms. The number of nitrogens with one attached hydrogen (secondary N) is 1. The molecule has 168 valence electrons. The standard InChI is InChI=1S/C21H28F2N6O2/c1-14(2)17(27-12-24-13-28(3)4)6-7-29-11-16(21(30)26-10-19(22)23)20-18(29)8-15(31-5)9-25-20/h8-9,11-12,19H,1,6-7,10,13H2,2-5H3,(H,26,30)/b24-12-,27-17-. The molecule has 0 fully saturated rings. The van der Waals surface area contributed by atoms with Gasteiger partial charge in [-0.15, -0.1) is 0 Å². The molecule has 0 unspecified atom stereocenters. The van der Waals surface area contributed by atoms with Gasteiger partial charge in [-0.3, -0.25) is 14.7 Å². The van der Waals surface area contributed by atoms with Gasteiger partial charge in [0.15, 0.2) is 0 Å². The number of halogens is 2. The maximum atomic E-state index is 12.5. The van der Waals surface area contributed by atoms with Gasteiger partial charge in [0.1, 0.15) is 17.6 Å². The van der Waals surface area contributed by atoms with Gasteiger partial charge in [0.2, 0.25) is 0 Å². The van der Waals surface area contributed by atoms with Crippen molar-refractivity contribution in [3.63, 3.8) is 0 Å². The zero-order chi connectivity index (χ0) is 23.0. The van der Waals surface area contributed by atoms with Crippen LogP contribution in [0.3, 0.4) is 0 Å². The van der Waals surface area contributed by atoms with E-state index in [1.807, 2.05) is 30.5 Å². The Kier molecular flexibility index (Phi) is 8.80. The first-order valence-electron chi connectivity index (χ1n) is 9.67. The highest BCUT2D eigenvalue weighted by molar-refractivity contribution is 6.06. The fourth-order valence-electron chi connectivity index (χ4n) is 2.80. The molecule has 10 heteroatoms. The van der Waals surface area contributed by atoms with Gasteiger partial charge in [-0.2, -0.15) is 0 Å². The summed E-state index contributed by atoms with van der Waals surface area (Å²) in [6.45, 7) is 6.10. The Bertz CT molecular complexity index is 982. The average Bonchev–Trinajstić information content (AvgIpc) is 3.08. The average molecular weight is 434 g/mol. The van der Waals surface area contributed by atoms with Crippen LogP contribution in [-0.4, -0.2) is 73.3 Å². The molecule has 0 atom stereocenters. The van der Waals surface area contributed by atoms with Crippen molar-refractivity contribution in [1.29, 1.82) is 0 Å². The molecule has 31 heavy (non-hydrogen) atoms. The van der Waals surface area contributed by atoms with E-state index < -0.39 is 18.9 Å². The van der Waals surface area contributed by atoms with Crippen LogP contribution in [0.2, 0.25) is 0 Å². The normalized spacial score (nSPS) is 12.3. The summed E-state index contributed by atoms with van der Waals surface area (Å²) in [6, 6.07) is 1.75. The summed E-state index contributed by atoms with van der Waals surface area (Å²) in [5.74, 6) is -0.0812. The second-order valence-corrected chi connectivity index (χ2v) is 7.21. The first kappa shape index (κ1) is 24.1. The summed E-state index contributed by atoms with van der Waals surface area (Å²) in [7, 11) is 5.34. The van der Waals surface area contributed by atoms with E-state index in [0.29, 0.717) is 36.4 Å². The number of allylic oxidation sites excluding steroid dienone is 1. The van der Waals surface area contributed by atoms with Crippen molar-refractivity contribution in [2.24, 2.45) is 9.98 Å². The third-order valence-electron chi connectivity index (χ3n) is 4.33. The van der Waals surface area contributed by atoms with Crippen LogP contribution in [0.1, 0.15) is 23.7 Å². The van der Waals surface area contributed by atoms with Gasteiger partial charge in [0, 0.05) is 30.9 Å². The molecule has 1 N–H and O–H groups in total. The van der Waals surface area contributed by atoms with Crippen molar-refractivity contribution < 1.29 is 18.3 Å². The van der Waals surface area contributed by atoms with Crippen LogP contribution in [-0.2, 0) is 6.54 Å². The van der Waals surface area contributed by atoms with E-state index in [1.165, 1.54) is 19.6 Å². The lowest BCUT2D eigenvalue weighted by molar-refractivity contribution is 0.0893. The number of aromatic nitrogens is 2. The fourth-order valence-corrected chi connectivity index (χ4v) is 2.80. The Morgan fingerprint density at radius 3 is 2.81 bits per heavy atom. The fraction of sp³-hybridized carbons (Fsp3) is 0.429. The summed E-state index contributed by atoms with van der Waals surface area (Å²) in [4.78, 5) is 27.2. The third kappa shape index (κ3) is 6.95. The number of ether oxygens (including phenoxy) is 1. The molecule has 1 amide bonds. The van der Waals surface area contributed by atoms with Crippen molar-refractivity contribution >= 4 is 29.0 Å². The summed E-state index contributed by atoms with van der Waals surface area (Å²) in [5.41, 5.74) is 2.86. The van der Waals surface area contributed by atoms with Gasteiger partial charge in [0.25, 0.3) is 12.3 Å². The summed E-state index contributed by atoms with van der Waals surface area (Å²) >= 11 is 0. The molecule has 8 nitrogen and oxygen atoms in total. The number of carbonyl (C=O) groups excluding carboxylic acids is 1. The summed E-state index contributed by atoms with van der Waals surface area (Å²) in [5, 5.41) is 2.23. The van der Waals surface area contributed by atoms with Crippen LogP contribution in [0.15, 0.2) is 40.6 Å². The molecular weight excluding hydrogens is 406 g/mol. The Morgan fingerprint density at radius 2 is 2.19 bits per heavy atom. The largest absolute Gasteiger partial charge is 0.495 e. The molecule has 0 aliphatic rings. The number of aryl methyl sites for hydroxylation is 1. The van der Waals surface area contributed by atoms with Gasteiger partial charge in [-0.25, -0.2) is 18.8 Å². The Balaban J connectivity index is 2.30. The quantitative estimate of drug-likeness (QED) is 0.435. The van der Waals surface area contributed by atoms with E-state index in [4.69, 9.17) is 4.74 Å². The van der Waals surface area contributed by atoms with Crippen LogP contribution < -0.4 is 10.1 Å². The minimum absolute atomic E-state index is 0.222. The number of alkyl halides is 2. The summed E-state index contributed by atoms with van der Waals surface area (Å²) < 4.78 is 32.1. The molecule has 2 rings (SSSR count). The smallest absolute Gasteiger partial charge is 0.255 e. The highest BCUT2D eigenvalue weighted by atomic mass is 19.3. The number of aliphatic imine (C=N–C) groups is 2. The second kappa shape index (κ2) is 11.3. The lowest BCUT2D eigenvalue weighted by atomic mass is 10.1. The molecule has 2 aromatic heterocycles. The highest BCUT2D eigenvalue weighted by Gasteiger charge is 2.18. The SMILES string of the molecule is C=C(C)/C(CCn1cc(C(=O)NCC(F)F)c2ncc(OC)cc21)=N\C=N/CN(C)C. The predicted molar refractivity (Wildman–Crippen MR) is 119 cm³/mol. The molecule has 0 bridgehead atoms. The minimum atomic E-state index is -2.63. The zero-order valence-corrected chi connectivity index (χ0v) is 18.2. The number of rotatable bonds is 11. The van der Waals surface area contributed by atoms with Gasteiger partial charge < -0.3 is 14.6 Å². The van der Waals surface area contributed by atoms with Gasteiger partial charge in [-0.05, 0) is 26.6 Å². The molecular formula is C21H28F2N6O2. The number of methoxy groups -OCH3 is 1. The van der Waals surface area contributed by atoms with Crippen molar-refractivity contribution in [2.75, 3.05) is 34.4 Å². The first-order chi connectivity index (χ1) is 14.7. The maximum Gasteiger partial charge on any atom is 0.255 e. The number of carbonyl (C=O) groups is 1. The highest BCUT2D eigenvalue weighted by Crippen LogP contribution is 2.24. The van der Waals surface area contributed by atoms with Gasteiger partial charge >= 0.3 is 0 Å². The van der Waals surface area contributed by atoms with E-state index in [0.717, 1.165) is 11.3 Å². The van der Waals surface area contributed by atoms with Crippen LogP contribution in [0.5, 0.6) is 5.75 Å². The molecule has 0 radical (unpaired) electrons. The number of nitrogens with zero attached hydrogens (tertiary/aromatic N) is 5. The van der Waals surface area contributed by atoms with Gasteiger partial charge in [-0.1, -0.05) is 6.58 Å². The van der Waals surface area contributed by atoms with Crippen molar-refractivity contribution in [2.45, 2.75) is 26.3 Å². The van der Waals surface area contributed by atoms with Crippen molar-refractivity contribution in [3.05, 3.63) is 36.2 Å². The monoisotopic (exact) mass is 434 g/mol. The van der Waals surface area contributed by atoms with Crippen molar-refractivity contribution in [3.8, 4) is 5.75 Å². The molecule has 0 aliphatic carbocycles.